The molecule has 0 spiro atoms. The van der Waals surface area contributed by atoms with E-state index in [4.69, 9.17) is 5.11 Å². The number of hydrogen-bond acceptors (Lipinski definition) is 4. The van der Waals surface area contributed by atoms with Gasteiger partial charge in [0.05, 0.1) is 0 Å². The number of aliphatic carboxylic acids is 1. The second-order valence-corrected chi connectivity index (χ2v) is 5.08. The van der Waals surface area contributed by atoms with Crippen molar-refractivity contribution < 1.29 is 9.90 Å². The van der Waals surface area contributed by atoms with Gasteiger partial charge in [0, 0.05) is 49.8 Å². The molecule has 92 valence electrons. The molecular formula is C11H20N2O2S. The summed E-state index contributed by atoms with van der Waals surface area (Å²) in [6, 6.07) is 0. The minimum atomic E-state index is -0.838. The average Bonchev–Trinajstić information content (AvgIpc) is 2.29. The highest BCUT2D eigenvalue weighted by atomic mass is 32.2. The van der Waals surface area contributed by atoms with Crippen LogP contribution in [0, 0.1) is 0 Å². The molecule has 2 N–H and O–H groups in total. The van der Waals surface area contributed by atoms with Gasteiger partial charge in [-0.25, -0.2) is 4.79 Å². The Kier molecular flexibility index (Phi) is 6.52. The van der Waals surface area contributed by atoms with Gasteiger partial charge in [-0.3, -0.25) is 0 Å². The van der Waals surface area contributed by atoms with Crippen molar-refractivity contribution in [3.8, 4) is 0 Å². The molecule has 0 aromatic rings. The van der Waals surface area contributed by atoms with E-state index in [1.165, 1.54) is 24.6 Å². The van der Waals surface area contributed by atoms with Crippen molar-refractivity contribution in [2.45, 2.75) is 6.92 Å². The molecule has 16 heavy (non-hydrogen) atoms. The van der Waals surface area contributed by atoms with Crippen LogP contribution in [0.4, 0.5) is 0 Å². The third-order valence-electron chi connectivity index (χ3n) is 2.60. The first-order valence-corrected chi connectivity index (χ1v) is 6.76. The Morgan fingerprint density at radius 1 is 1.50 bits per heavy atom. The molecule has 0 aliphatic carbocycles. The fraction of sp³-hybridized carbons (Fsp3) is 0.727. The predicted octanol–water partition coefficient (Wildman–Crippen LogP) is 0.656. The Bertz CT molecular complexity index is 250. The van der Waals surface area contributed by atoms with Gasteiger partial charge < -0.3 is 15.3 Å². The third-order valence-corrected chi connectivity index (χ3v) is 3.54. The topological polar surface area (TPSA) is 52.6 Å². The van der Waals surface area contributed by atoms with Gasteiger partial charge in [-0.05, 0) is 6.92 Å². The molecule has 1 aliphatic heterocycles. The lowest BCUT2D eigenvalue weighted by Crippen LogP contribution is -2.37. The third kappa shape index (κ3) is 5.53. The number of carboxylic acid groups (broad SMARTS) is 1. The van der Waals surface area contributed by atoms with Crippen LogP contribution in [0.1, 0.15) is 6.92 Å². The van der Waals surface area contributed by atoms with Gasteiger partial charge in [-0.15, -0.1) is 0 Å². The Balaban J connectivity index is 2.03. The van der Waals surface area contributed by atoms with E-state index in [2.05, 4.69) is 10.2 Å². The molecule has 5 heteroatoms. The normalized spacial score (nSPS) is 18.7. The molecule has 1 rings (SSSR count). The van der Waals surface area contributed by atoms with Crippen molar-refractivity contribution in [1.29, 1.82) is 0 Å². The molecule has 0 aromatic heterocycles. The highest BCUT2D eigenvalue weighted by molar-refractivity contribution is 7.99. The number of carboxylic acids is 1. The zero-order valence-corrected chi connectivity index (χ0v) is 10.6. The van der Waals surface area contributed by atoms with Crippen molar-refractivity contribution in [2.24, 2.45) is 0 Å². The van der Waals surface area contributed by atoms with Gasteiger partial charge in [-0.2, -0.15) is 11.8 Å². The van der Waals surface area contributed by atoms with Crippen LogP contribution in [0.2, 0.25) is 0 Å². The Hall–Kier alpha value is -0.520. The lowest BCUT2D eigenvalue weighted by molar-refractivity contribution is -0.132. The zero-order chi connectivity index (χ0) is 11.8. The van der Waals surface area contributed by atoms with E-state index in [-0.39, 0.29) is 0 Å². The van der Waals surface area contributed by atoms with Crippen LogP contribution in [0.5, 0.6) is 0 Å². The van der Waals surface area contributed by atoms with E-state index in [1.54, 1.807) is 13.0 Å². The first-order valence-electron chi connectivity index (χ1n) is 5.61. The molecule has 0 aromatic carbocycles. The fourth-order valence-corrected chi connectivity index (χ4v) is 2.46. The highest BCUT2D eigenvalue weighted by Crippen LogP contribution is 2.07. The summed E-state index contributed by atoms with van der Waals surface area (Å²) in [6.07, 6.45) is 1.72. The SMILES string of the molecule is CC(=CCNCCN1CCSCC1)C(=O)O. The smallest absolute Gasteiger partial charge is 0.330 e. The van der Waals surface area contributed by atoms with E-state index in [0.29, 0.717) is 12.1 Å². The molecule has 0 radical (unpaired) electrons. The van der Waals surface area contributed by atoms with Crippen LogP contribution in [0.15, 0.2) is 11.6 Å². The summed E-state index contributed by atoms with van der Waals surface area (Å²) in [5.41, 5.74) is 0.405. The van der Waals surface area contributed by atoms with Crippen molar-refractivity contribution >= 4 is 17.7 Å². The molecule has 0 unspecified atom stereocenters. The Labute approximate surface area is 101 Å². The molecule has 1 fully saturated rings. The minimum absolute atomic E-state index is 0.405. The Morgan fingerprint density at radius 2 is 2.19 bits per heavy atom. The maximum absolute atomic E-state index is 10.5. The molecular weight excluding hydrogens is 224 g/mol. The zero-order valence-electron chi connectivity index (χ0n) is 9.74. The van der Waals surface area contributed by atoms with Gasteiger partial charge in [0.2, 0.25) is 0 Å². The van der Waals surface area contributed by atoms with Gasteiger partial charge in [0.1, 0.15) is 0 Å². The van der Waals surface area contributed by atoms with Gasteiger partial charge in [0.15, 0.2) is 0 Å². The molecule has 1 heterocycles. The minimum Gasteiger partial charge on any atom is -0.478 e. The quantitative estimate of drug-likeness (QED) is 0.531. The summed E-state index contributed by atoms with van der Waals surface area (Å²) >= 11 is 2.01. The summed E-state index contributed by atoms with van der Waals surface area (Å²) in [5.74, 6) is 1.63. The summed E-state index contributed by atoms with van der Waals surface area (Å²) in [6.45, 7) is 6.59. The second-order valence-electron chi connectivity index (χ2n) is 3.85. The maximum Gasteiger partial charge on any atom is 0.330 e. The number of nitrogens with one attached hydrogen (secondary N) is 1. The first kappa shape index (κ1) is 13.5. The maximum atomic E-state index is 10.5. The van der Waals surface area contributed by atoms with Crippen LogP contribution in [-0.4, -0.2) is 60.2 Å². The standard InChI is InChI=1S/C11H20N2O2S/c1-10(11(14)15)2-3-12-4-5-13-6-8-16-9-7-13/h2,12H,3-9H2,1H3,(H,14,15). The lowest BCUT2D eigenvalue weighted by Gasteiger charge is -2.25. The van der Waals surface area contributed by atoms with Gasteiger partial charge in [0.25, 0.3) is 0 Å². The van der Waals surface area contributed by atoms with E-state index < -0.39 is 5.97 Å². The highest BCUT2D eigenvalue weighted by Gasteiger charge is 2.08. The molecule has 1 aliphatic rings. The molecule has 0 saturated carbocycles. The number of thioether (sulfide) groups is 1. The predicted molar refractivity (Wildman–Crippen MR) is 68.0 cm³/mol. The second kappa shape index (κ2) is 7.70. The van der Waals surface area contributed by atoms with Crippen LogP contribution < -0.4 is 5.32 Å². The fourth-order valence-electron chi connectivity index (χ4n) is 1.48. The molecule has 1 saturated heterocycles. The summed E-state index contributed by atoms with van der Waals surface area (Å²) < 4.78 is 0. The van der Waals surface area contributed by atoms with E-state index in [1.807, 2.05) is 11.8 Å². The summed E-state index contributed by atoms with van der Waals surface area (Å²) in [4.78, 5) is 12.9. The first-order chi connectivity index (χ1) is 7.70. The van der Waals surface area contributed by atoms with Crippen LogP contribution in [0.3, 0.4) is 0 Å². The van der Waals surface area contributed by atoms with Crippen LogP contribution in [-0.2, 0) is 4.79 Å². The number of hydrogen-bond donors (Lipinski definition) is 2. The van der Waals surface area contributed by atoms with Crippen molar-refractivity contribution in [3.05, 3.63) is 11.6 Å². The molecule has 0 atom stereocenters. The number of nitrogens with zero attached hydrogens (tertiary/aromatic N) is 1. The van der Waals surface area contributed by atoms with E-state index >= 15 is 0 Å². The average molecular weight is 244 g/mol. The molecule has 0 bridgehead atoms. The number of rotatable bonds is 6. The molecule has 4 nitrogen and oxygen atoms in total. The van der Waals surface area contributed by atoms with E-state index in [0.717, 1.165) is 13.1 Å². The van der Waals surface area contributed by atoms with Gasteiger partial charge >= 0.3 is 5.97 Å². The van der Waals surface area contributed by atoms with Crippen molar-refractivity contribution in [2.75, 3.05) is 44.2 Å². The van der Waals surface area contributed by atoms with Crippen molar-refractivity contribution in [1.82, 2.24) is 10.2 Å². The van der Waals surface area contributed by atoms with E-state index in [9.17, 15) is 4.79 Å². The Morgan fingerprint density at radius 3 is 2.81 bits per heavy atom. The summed E-state index contributed by atoms with van der Waals surface area (Å²) in [7, 11) is 0. The van der Waals surface area contributed by atoms with Crippen molar-refractivity contribution in [3.63, 3.8) is 0 Å². The van der Waals surface area contributed by atoms with Crippen LogP contribution >= 0.6 is 11.8 Å². The molecule has 0 amide bonds. The lowest BCUT2D eigenvalue weighted by atomic mass is 10.3. The number of carbonyl (C=O) groups is 1. The van der Waals surface area contributed by atoms with Crippen LogP contribution in [0.25, 0.3) is 0 Å². The monoisotopic (exact) mass is 244 g/mol. The van der Waals surface area contributed by atoms with Gasteiger partial charge in [-0.1, -0.05) is 6.08 Å². The summed E-state index contributed by atoms with van der Waals surface area (Å²) in [5, 5.41) is 11.9. The largest absolute Gasteiger partial charge is 0.478 e.